The largest absolute Gasteiger partial charge is 0.300 e. The molecule has 0 heterocycles. The van der Waals surface area contributed by atoms with Crippen molar-refractivity contribution in [3.05, 3.63) is 11.6 Å². The third kappa shape index (κ3) is 2.97. The van der Waals surface area contributed by atoms with Gasteiger partial charge in [-0.25, -0.2) is 0 Å². The van der Waals surface area contributed by atoms with E-state index in [4.69, 9.17) is 0 Å². The summed E-state index contributed by atoms with van der Waals surface area (Å²) in [4.78, 5) is 36.2. The standard InChI is InChI=1S/C23H32O3S/c1-14(24)19-6-7-20-18-5-4-16-12-17(26)8-11-23(16,13-27-15(2)25)21(18)9-10-22(19,20)3/h12,18-21H,4-11,13H2,1-3H3/t18-,19+,20-,21-,22+,23+/m0/s1. The van der Waals surface area contributed by atoms with Crippen LogP contribution in [-0.2, 0) is 14.4 Å². The van der Waals surface area contributed by atoms with Crippen molar-refractivity contribution >= 4 is 28.4 Å². The van der Waals surface area contributed by atoms with E-state index in [9.17, 15) is 14.4 Å². The molecule has 0 radical (unpaired) electrons. The maximum atomic E-state index is 12.3. The molecule has 4 aliphatic carbocycles. The first-order chi connectivity index (χ1) is 12.8. The molecule has 0 N–H and O–H groups in total. The van der Waals surface area contributed by atoms with E-state index in [1.807, 2.05) is 6.08 Å². The number of ketones is 2. The molecule has 3 nitrogen and oxygen atoms in total. The molecule has 0 aromatic heterocycles. The van der Waals surface area contributed by atoms with Crippen LogP contribution >= 0.6 is 11.8 Å². The maximum Gasteiger partial charge on any atom is 0.185 e. The van der Waals surface area contributed by atoms with Crippen molar-refractivity contribution in [2.75, 3.05) is 5.75 Å². The molecule has 0 aromatic rings. The van der Waals surface area contributed by atoms with Gasteiger partial charge in [-0.15, -0.1) is 0 Å². The zero-order valence-corrected chi connectivity index (χ0v) is 17.7. The quantitative estimate of drug-likeness (QED) is 0.684. The highest BCUT2D eigenvalue weighted by Crippen LogP contribution is 2.67. The molecule has 27 heavy (non-hydrogen) atoms. The Morgan fingerprint density at radius 1 is 1.07 bits per heavy atom. The highest BCUT2D eigenvalue weighted by atomic mass is 32.2. The second kappa shape index (κ2) is 6.86. The highest BCUT2D eigenvalue weighted by molar-refractivity contribution is 8.13. The van der Waals surface area contributed by atoms with Crippen LogP contribution in [0.3, 0.4) is 0 Å². The number of allylic oxidation sites excluding steroid dienone is 1. The molecule has 3 saturated carbocycles. The Kier molecular flexibility index (Phi) is 4.93. The fraction of sp³-hybridized carbons (Fsp3) is 0.783. The zero-order valence-electron chi connectivity index (χ0n) is 16.9. The molecule has 6 atom stereocenters. The molecule has 4 heteroatoms. The molecule has 0 unspecified atom stereocenters. The second-order valence-corrected chi connectivity index (χ2v) is 10.9. The number of rotatable bonds is 3. The SMILES string of the molecule is CC(=O)SC[C@]12CCC(=O)C=C1CC[C@@H]1[C@@H]2CC[C@]2(C)[C@@H](C(C)=O)CC[C@@H]12. The van der Waals surface area contributed by atoms with Gasteiger partial charge in [0.15, 0.2) is 10.9 Å². The van der Waals surface area contributed by atoms with Crippen LogP contribution in [-0.4, -0.2) is 22.4 Å². The highest BCUT2D eigenvalue weighted by Gasteiger charge is 2.60. The van der Waals surface area contributed by atoms with E-state index < -0.39 is 0 Å². The van der Waals surface area contributed by atoms with Gasteiger partial charge in [-0.1, -0.05) is 24.3 Å². The van der Waals surface area contributed by atoms with Crippen molar-refractivity contribution in [3.63, 3.8) is 0 Å². The van der Waals surface area contributed by atoms with Crippen molar-refractivity contribution in [1.82, 2.24) is 0 Å². The van der Waals surface area contributed by atoms with Crippen LogP contribution in [0.4, 0.5) is 0 Å². The van der Waals surface area contributed by atoms with Gasteiger partial charge in [-0.05, 0) is 81.1 Å². The minimum absolute atomic E-state index is 0.0306. The van der Waals surface area contributed by atoms with E-state index in [1.165, 1.54) is 23.8 Å². The summed E-state index contributed by atoms with van der Waals surface area (Å²) in [5, 5.41) is 0.181. The summed E-state index contributed by atoms with van der Waals surface area (Å²) in [6.45, 7) is 5.81. The lowest BCUT2D eigenvalue weighted by Gasteiger charge is -2.59. The molecule has 0 saturated heterocycles. The van der Waals surface area contributed by atoms with Crippen LogP contribution in [0.5, 0.6) is 0 Å². The number of fused-ring (bicyclic) bond motifs is 5. The van der Waals surface area contributed by atoms with E-state index in [0.29, 0.717) is 30.0 Å². The summed E-state index contributed by atoms with van der Waals surface area (Å²) in [6.07, 6.45) is 10.1. The molecule has 0 spiro atoms. The Bertz CT molecular complexity index is 710. The molecule has 4 rings (SSSR count). The summed E-state index contributed by atoms with van der Waals surface area (Å²) in [7, 11) is 0. The molecule has 0 aliphatic heterocycles. The molecular formula is C23H32O3S. The average Bonchev–Trinajstić information content (AvgIpc) is 2.97. The topological polar surface area (TPSA) is 51.2 Å². The number of hydrogen-bond acceptors (Lipinski definition) is 4. The zero-order chi connectivity index (χ0) is 19.4. The first kappa shape index (κ1) is 19.4. The van der Waals surface area contributed by atoms with Crippen LogP contribution < -0.4 is 0 Å². The lowest BCUT2D eigenvalue weighted by molar-refractivity contribution is -0.128. The Balaban J connectivity index is 1.68. The molecule has 0 amide bonds. The van der Waals surface area contributed by atoms with E-state index >= 15 is 0 Å². The molecule has 4 aliphatic rings. The molecule has 3 fully saturated rings. The summed E-state index contributed by atoms with van der Waals surface area (Å²) in [5.74, 6) is 3.55. The molecule has 148 valence electrons. The predicted molar refractivity (Wildman–Crippen MR) is 108 cm³/mol. The fourth-order valence-corrected chi connectivity index (χ4v) is 8.53. The number of carbonyl (C=O) groups is 3. The first-order valence-corrected chi connectivity index (χ1v) is 11.6. The Morgan fingerprint density at radius 2 is 1.85 bits per heavy atom. The Hall–Kier alpha value is -0.900. The molecule has 0 bridgehead atoms. The minimum atomic E-state index is 0.0306. The normalized spacial score (nSPS) is 43.4. The third-order valence-electron chi connectivity index (χ3n) is 8.71. The van der Waals surface area contributed by atoms with Gasteiger partial charge in [-0.2, -0.15) is 0 Å². The van der Waals surface area contributed by atoms with E-state index in [2.05, 4.69) is 6.92 Å². The third-order valence-corrected chi connectivity index (χ3v) is 9.78. The van der Waals surface area contributed by atoms with Crippen molar-refractivity contribution in [2.45, 2.75) is 72.1 Å². The van der Waals surface area contributed by atoms with Gasteiger partial charge in [0.05, 0.1) is 0 Å². The summed E-state index contributed by atoms with van der Waals surface area (Å²) in [6, 6.07) is 0. The van der Waals surface area contributed by atoms with E-state index in [0.717, 1.165) is 44.3 Å². The summed E-state index contributed by atoms with van der Waals surface area (Å²) >= 11 is 1.46. The van der Waals surface area contributed by atoms with E-state index in [1.54, 1.807) is 13.8 Å². The van der Waals surface area contributed by atoms with Crippen LogP contribution in [0.2, 0.25) is 0 Å². The van der Waals surface area contributed by atoms with Gasteiger partial charge < -0.3 is 0 Å². The lowest BCUT2D eigenvalue weighted by atomic mass is 9.46. The van der Waals surface area contributed by atoms with Crippen LogP contribution in [0.15, 0.2) is 11.6 Å². The smallest absolute Gasteiger partial charge is 0.185 e. The second-order valence-electron chi connectivity index (χ2n) is 9.77. The summed E-state index contributed by atoms with van der Waals surface area (Å²) < 4.78 is 0. The molecular weight excluding hydrogens is 356 g/mol. The summed E-state index contributed by atoms with van der Waals surface area (Å²) in [5.41, 5.74) is 1.52. The van der Waals surface area contributed by atoms with Gasteiger partial charge in [0.25, 0.3) is 0 Å². The number of hydrogen-bond donors (Lipinski definition) is 0. The first-order valence-electron chi connectivity index (χ1n) is 10.7. The number of thioether (sulfide) groups is 1. The fourth-order valence-electron chi connectivity index (χ4n) is 7.53. The van der Waals surface area contributed by atoms with Crippen LogP contribution in [0, 0.1) is 34.5 Å². The van der Waals surface area contributed by atoms with Gasteiger partial charge in [0.1, 0.15) is 5.78 Å². The average molecular weight is 389 g/mol. The van der Waals surface area contributed by atoms with Gasteiger partial charge in [0, 0.05) is 30.4 Å². The van der Waals surface area contributed by atoms with Crippen molar-refractivity contribution < 1.29 is 14.4 Å². The van der Waals surface area contributed by atoms with Gasteiger partial charge >= 0.3 is 0 Å². The Labute approximate surface area is 167 Å². The van der Waals surface area contributed by atoms with E-state index in [-0.39, 0.29) is 27.6 Å². The lowest BCUT2D eigenvalue weighted by Crippen LogP contribution is -2.53. The van der Waals surface area contributed by atoms with Crippen molar-refractivity contribution in [1.29, 1.82) is 0 Å². The Morgan fingerprint density at radius 3 is 2.56 bits per heavy atom. The van der Waals surface area contributed by atoms with Gasteiger partial charge in [0.2, 0.25) is 0 Å². The minimum Gasteiger partial charge on any atom is -0.300 e. The van der Waals surface area contributed by atoms with Crippen LogP contribution in [0.25, 0.3) is 0 Å². The maximum absolute atomic E-state index is 12.3. The van der Waals surface area contributed by atoms with Crippen molar-refractivity contribution in [2.24, 2.45) is 34.5 Å². The number of carbonyl (C=O) groups excluding carboxylic acids is 3. The van der Waals surface area contributed by atoms with Crippen molar-refractivity contribution in [3.8, 4) is 0 Å². The number of Topliss-reactive ketones (excluding diaryl/α,β-unsaturated/α-hetero) is 1. The van der Waals surface area contributed by atoms with Gasteiger partial charge in [-0.3, -0.25) is 14.4 Å². The monoisotopic (exact) mass is 388 g/mol. The molecule has 0 aromatic carbocycles. The van der Waals surface area contributed by atoms with Crippen LogP contribution in [0.1, 0.15) is 72.1 Å². The predicted octanol–water partition coefficient (Wildman–Crippen LogP) is 4.98.